The Hall–Kier alpha value is -1.86. The van der Waals surface area contributed by atoms with Crippen molar-refractivity contribution in [3.63, 3.8) is 0 Å². The van der Waals surface area contributed by atoms with E-state index in [0.29, 0.717) is 43.3 Å². The van der Waals surface area contributed by atoms with E-state index in [-0.39, 0.29) is 17.7 Å². The molecule has 1 unspecified atom stereocenters. The third kappa shape index (κ3) is 4.41. The first-order valence-electron chi connectivity index (χ1n) is 8.63. The topological polar surface area (TPSA) is 75.9 Å². The number of piperazine rings is 1. The minimum absolute atomic E-state index is 0.00524. The van der Waals surface area contributed by atoms with Gasteiger partial charge in [-0.05, 0) is 31.4 Å². The maximum Gasteiger partial charge on any atom is 0.294 e. The number of carbonyl (C=O) groups is 1. The second-order valence-electron chi connectivity index (χ2n) is 6.43. The Kier molecular flexibility index (Phi) is 5.75. The highest BCUT2D eigenvalue weighted by molar-refractivity contribution is 6.30. The quantitative estimate of drug-likeness (QED) is 0.590. The fourth-order valence-electron chi connectivity index (χ4n) is 3.42. The van der Waals surface area contributed by atoms with Gasteiger partial charge in [-0.2, -0.15) is 0 Å². The van der Waals surface area contributed by atoms with Crippen molar-refractivity contribution in [3.8, 4) is 0 Å². The fraction of sp³-hybridized carbons (Fsp3) is 0.588. The lowest BCUT2D eigenvalue weighted by Gasteiger charge is -2.36. The van der Waals surface area contributed by atoms with Gasteiger partial charge in [-0.25, -0.2) is 0 Å². The van der Waals surface area contributed by atoms with E-state index < -0.39 is 4.92 Å². The molecule has 0 aliphatic carbocycles. The molecule has 2 saturated heterocycles. The summed E-state index contributed by atoms with van der Waals surface area (Å²) in [6.45, 7) is 3.11. The molecule has 0 aromatic heterocycles. The number of rotatable bonds is 5. The molecule has 136 valence electrons. The van der Waals surface area contributed by atoms with E-state index in [9.17, 15) is 14.9 Å². The Bertz CT molecular complexity index is 641. The maximum absolute atomic E-state index is 12.3. The van der Waals surface area contributed by atoms with Crippen LogP contribution in [0.5, 0.6) is 0 Å². The summed E-state index contributed by atoms with van der Waals surface area (Å²) >= 11 is 5.87. The van der Waals surface area contributed by atoms with Crippen LogP contribution in [-0.4, -0.2) is 54.6 Å². The normalized spacial score (nSPS) is 20.8. The lowest BCUT2D eigenvalue weighted by atomic mass is 10.1. The largest absolute Gasteiger partial charge is 0.378 e. The van der Waals surface area contributed by atoms with Gasteiger partial charge in [-0.15, -0.1) is 0 Å². The van der Waals surface area contributed by atoms with Crippen LogP contribution in [-0.2, 0) is 9.53 Å². The van der Waals surface area contributed by atoms with E-state index in [0.717, 1.165) is 25.9 Å². The van der Waals surface area contributed by atoms with Crippen molar-refractivity contribution in [2.75, 3.05) is 37.7 Å². The zero-order chi connectivity index (χ0) is 17.8. The molecule has 0 bridgehead atoms. The number of nitrogens with zero attached hydrogens (tertiary/aromatic N) is 3. The lowest BCUT2D eigenvalue weighted by Crippen LogP contribution is -2.49. The summed E-state index contributed by atoms with van der Waals surface area (Å²) in [5.41, 5.74) is 0.562. The highest BCUT2D eigenvalue weighted by Gasteiger charge is 2.26. The first-order valence-corrected chi connectivity index (χ1v) is 9.00. The van der Waals surface area contributed by atoms with Crippen molar-refractivity contribution >= 4 is 28.9 Å². The second kappa shape index (κ2) is 8.01. The van der Waals surface area contributed by atoms with E-state index in [1.807, 2.05) is 9.80 Å². The number of benzene rings is 1. The number of amides is 1. The van der Waals surface area contributed by atoms with E-state index >= 15 is 0 Å². The molecule has 0 N–H and O–H groups in total. The third-order valence-corrected chi connectivity index (χ3v) is 5.05. The Morgan fingerprint density at radius 2 is 2.08 bits per heavy atom. The molecule has 2 aliphatic heterocycles. The molecule has 1 amide bonds. The zero-order valence-corrected chi connectivity index (χ0v) is 14.8. The smallest absolute Gasteiger partial charge is 0.294 e. The second-order valence-corrected chi connectivity index (χ2v) is 6.87. The van der Waals surface area contributed by atoms with Crippen LogP contribution >= 0.6 is 11.6 Å². The van der Waals surface area contributed by atoms with Crippen molar-refractivity contribution in [3.05, 3.63) is 33.3 Å². The standard InChI is InChI=1S/C17H22ClN3O4/c18-13-3-5-15(16(12-13)21(23)24)19-7-9-20(10-8-19)17(22)6-4-14-2-1-11-25-14/h3,5,12,14H,1-2,4,6-11H2. The number of hydrogen-bond acceptors (Lipinski definition) is 5. The van der Waals surface area contributed by atoms with Crippen LogP contribution in [0.2, 0.25) is 5.02 Å². The summed E-state index contributed by atoms with van der Waals surface area (Å²) in [6, 6.07) is 4.70. The fourth-order valence-corrected chi connectivity index (χ4v) is 3.59. The van der Waals surface area contributed by atoms with Crippen molar-refractivity contribution in [1.29, 1.82) is 0 Å². The van der Waals surface area contributed by atoms with Crippen LogP contribution in [0, 0.1) is 10.1 Å². The number of carbonyl (C=O) groups excluding carboxylic acids is 1. The van der Waals surface area contributed by atoms with Gasteiger partial charge in [0, 0.05) is 50.3 Å². The number of anilines is 1. The Morgan fingerprint density at radius 3 is 2.72 bits per heavy atom. The first kappa shape index (κ1) is 17.9. The van der Waals surface area contributed by atoms with E-state index in [4.69, 9.17) is 16.3 Å². The highest BCUT2D eigenvalue weighted by Crippen LogP contribution is 2.31. The van der Waals surface area contributed by atoms with E-state index in [2.05, 4.69) is 0 Å². The number of halogens is 1. The number of nitro groups is 1. The molecule has 1 aromatic rings. The van der Waals surface area contributed by atoms with Gasteiger partial charge in [0.25, 0.3) is 5.69 Å². The van der Waals surface area contributed by atoms with Crippen molar-refractivity contribution in [2.45, 2.75) is 31.8 Å². The average molecular weight is 368 g/mol. The Balaban J connectivity index is 1.55. The summed E-state index contributed by atoms with van der Waals surface area (Å²) in [5.74, 6) is 0.140. The summed E-state index contributed by atoms with van der Waals surface area (Å²) in [4.78, 5) is 27.0. The van der Waals surface area contributed by atoms with E-state index in [1.54, 1.807) is 12.1 Å². The number of nitro benzene ring substituents is 1. The van der Waals surface area contributed by atoms with Gasteiger partial charge in [0.1, 0.15) is 5.69 Å². The number of ether oxygens (including phenoxy) is 1. The molecule has 2 heterocycles. The molecular weight excluding hydrogens is 346 g/mol. The minimum Gasteiger partial charge on any atom is -0.378 e. The SMILES string of the molecule is O=C(CCC1CCCO1)N1CCN(c2ccc(Cl)cc2[N+](=O)[O-])CC1. The summed E-state index contributed by atoms with van der Waals surface area (Å²) in [5, 5.41) is 11.6. The van der Waals surface area contributed by atoms with Gasteiger partial charge in [0.15, 0.2) is 0 Å². The predicted octanol–water partition coefficient (Wildman–Crippen LogP) is 2.86. The molecule has 1 aromatic carbocycles. The predicted molar refractivity (Wildman–Crippen MR) is 95.1 cm³/mol. The molecule has 0 spiro atoms. The molecule has 1 atom stereocenters. The number of hydrogen-bond donors (Lipinski definition) is 0. The summed E-state index contributed by atoms with van der Waals surface area (Å²) < 4.78 is 5.56. The monoisotopic (exact) mass is 367 g/mol. The molecule has 2 fully saturated rings. The molecule has 0 saturated carbocycles. The highest BCUT2D eigenvalue weighted by atomic mass is 35.5. The van der Waals surface area contributed by atoms with Crippen molar-refractivity contribution in [2.24, 2.45) is 0 Å². The van der Waals surface area contributed by atoms with E-state index in [1.165, 1.54) is 6.07 Å². The van der Waals surface area contributed by atoms with Gasteiger partial charge in [-0.3, -0.25) is 14.9 Å². The molecule has 0 radical (unpaired) electrons. The molecular formula is C17H22ClN3O4. The van der Waals surface area contributed by atoms with Gasteiger partial charge < -0.3 is 14.5 Å². The summed E-state index contributed by atoms with van der Waals surface area (Å²) in [6.07, 6.45) is 3.63. The van der Waals surface area contributed by atoms with Crippen molar-refractivity contribution < 1.29 is 14.5 Å². The molecule has 7 nitrogen and oxygen atoms in total. The third-order valence-electron chi connectivity index (χ3n) is 4.81. The maximum atomic E-state index is 12.3. The molecule has 3 rings (SSSR count). The van der Waals surface area contributed by atoms with Crippen LogP contribution in [0.15, 0.2) is 18.2 Å². The van der Waals surface area contributed by atoms with Crippen LogP contribution in [0.3, 0.4) is 0 Å². The summed E-state index contributed by atoms with van der Waals surface area (Å²) in [7, 11) is 0. The van der Waals surface area contributed by atoms with Crippen molar-refractivity contribution in [1.82, 2.24) is 4.90 Å². The van der Waals surface area contributed by atoms with Crippen LogP contribution in [0.25, 0.3) is 0 Å². The van der Waals surface area contributed by atoms with Crippen LogP contribution in [0.4, 0.5) is 11.4 Å². The van der Waals surface area contributed by atoms with Gasteiger partial charge in [0.05, 0.1) is 11.0 Å². The van der Waals surface area contributed by atoms with Crippen LogP contribution in [0.1, 0.15) is 25.7 Å². The van der Waals surface area contributed by atoms with Gasteiger partial charge >= 0.3 is 0 Å². The average Bonchev–Trinajstić information content (AvgIpc) is 3.13. The van der Waals surface area contributed by atoms with Gasteiger partial charge in [-0.1, -0.05) is 11.6 Å². The Morgan fingerprint density at radius 1 is 1.32 bits per heavy atom. The van der Waals surface area contributed by atoms with Gasteiger partial charge in [0.2, 0.25) is 5.91 Å². The molecule has 25 heavy (non-hydrogen) atoms. The molecule has 2 aliphatic rings. The Labute approximate surface area is 151 Å². The first-order chi connectivity index (χ1) is 12.0. The molecule has 8 heteroatoms. The van der Waals surface area contributed by atoms with Crippen LogP contribution < -0.4 is 4.90 Å². The zero-order valence-electron chi connectivity index (χ0n) is 14.0. The minimum atomic E-state index is -0.416. The lowest BCUT2D eigenvalue weighted by molar-refractivity contribution is -0.384.